The van der Waals surface area contributed by atoms with E-state index >= 15 is 0 Å². The van der Waals surface area contributed by atoms with E-state index in [0.717, 1.165) is 11.4 Å². The first-order valence-electron chi connectivity index (χ1n) is 9.76. The average molecular weight is 409 g/mol. The minimum absolute atomic E-state index is 0.0106. The molecule has 9 heteroatoms. The summed E-state index contributed by atoms with van der Waals surface area (Å²) < 4.78 is 5.35. The summed E-state index contributed by atoms with van der Waals surface area (Å²) in [6, 6.07) is 13.8. The number of hydrazone groups is 1. The lowest BCUT2D eigenvalue weighted by molar-refractivity contribution is -0.384. The predicted molar refractivity (Wildman–Crippen MR) is 115 cm³/mol. The average Bonchev–Trinajstić information content (AvgIpc) is 2.74. The quantitative estimate of drug-likeness (QED) is 0.470. The molecule has 0 amide bonds. The molecule has 0 unspecified atom stereocenters. The van der Waals surface area contributed by atoms with E-state index in [-0.39, 0.29) is 23.9 Å². The number of anilines is 3. The third kappa shape index (κ3) is 3.22. The molecule has 0 aromatic heterocycles. The standard InChI is InChI=1S/C21H23N5O4/c1-4-30-21(27)18-13(2)23-25(14-9-11-15(12-10-14)26(28)29)20-19(18)24(3)17-8-6-5-7-16(17)22-20/h5-12,18-20,22H,4H2,1-3H3/t18-,19+,20-/m1/s1. The van der Waals surface area contributed by atoms with Gasteiger partial charge in [-0.3, -0.25) is 14.9 Å². The molecule has 0 bridgehead atoms. The molecule has 0 saturated heterocycles. The zero-order valence-corrected chi connectivity index (χ0v) is 17.0. The Balaban J connectivity index is 1.81. The molecule has 2 aromatic rings. The smallest absolute Gasteiger partial charge is 0.317 e. The van der Waals surface area contributed by atoms with Crippen LogP contribution in [0.15, 0.2) is 53.6 Å². The minimum Gasteiger partial charge on any atom is -0.465 e. The second-order valence-corrected chi connectivity index (χ2v) is 7.30. The van der Waals surface area contributed by atoms with Crippen molar-refractivity contribution in [3.63, 3.8) is 0 Å². The number of nitro benzene ring substituents is 1. The van der Waals surface area contributed by atoms with Gasteiger partial charge in [0.2, 0.25) is 0 Å². The topological polar surface area (TPSA) is 100 Å². The molecular weight excluding hydrogens is 386 g/mol. The summed E-state index contributed by atoms with van der Waals surface area (Å²) in [6.45, 7) is 3.89. The van der Waals surface area contributed by atoms with Crippen molar-refractivity contribution >= 4 is 34.4 Å². The summed E-state index contributed by atoms with van der Waals surface area (Å²) in [4.78, 5) is 25.5. The van der Waals surface area contributed by atoms with Crippen LogP contribution in [-0.4, -0.2) is 42.5 Å². The van der Waals surface area contributed by atoms with Gasteiger partial charge in [-0.1, -0.05) is 12.1 Å². The number of hydrogen-bond acceptors (Lipinski definition) is 8. The van der Waals surface area contributed by atoms with Crippen LogP contribution >= 0.6 is 0 Å². The van der Waals surface area contributed by atoms with Crippen LogP contribution in [0.1, 0.15) is 13.8 Å². The molecule has 3 atom stereocenters. The van der Waals surface area contributed by atoms with E-state index in [2.05, 4.69) is 10.2 Å². The van der Waals surface area contributed by atoms with Crippen molar-refractivity contribution in [2.75, 3.05) is 28.9 Å². The number of rotatable bonds is 4. The molecule has 156 valence electrons. The Kier molecular flexibility index (Phi) is 5.03. The third-order valence-corrected chi connectivity index (χ3v) is 5.54. The van der Waals surface area contributed by atoms with Gasteiger partial charge in [-0.05, 0) is 38.1 Å². The van der Waals surface area contributed by atoms with Crippen molar-refractivity contribution in [3.8, 4) is 0 Å². The monoisotopic (exact) mass is 409 g/mol. The molecule has 2 aliphatic rings. The fraction of sp³-hybridized carbons (Fsp3) is 0.333. The normalized spacial score (nSPS) is 22.4. The number of nitrogens with one attached hydrogen (secondary N) is 1. The molecule has 1 N–H and O–H groups in total. The van der Waals surface area contributed by atoms with Crippen molar-refractivity contribution in [2.24, 2.45) is 11.0 Å². The first kappa shape index (κ1) is 19.7. The molecule has 2 heterocycles. The van der Waals surface area contributed by atoms with Gasteiger partial charge in [0.05, 0.1) is 40.3 Å². The molecule has 0 saturated carbocycles. The van der Waals surface area contributed by atoms with E-state index in [9.17, 15) is 14.9 Å². The Morgan fingerprint density at radius 1 is 1.23 bits per heavy atom. The second kappa shape index (κ2) is 7.66. The molecule has 0 aliphatic carbocycles. The summed E-state index contributed by atoms with van der Waals surface area (Å²) in [7, 11) is 1.95. The van der Waals surface area contributed by atoms with Crippen molar-refractivity contribution in [1.82, 2.24) is 0 Å². The fourth-order valence-corrected chi connectivity index (χ4v) is 4.16. The maximum atomic E-state index is 12.8. The van der Waals surface area contributed by atoms with Crippen molar-refractivity contribution < 1.29 is 14.5 Å². The van der Waals surface area contributed by atoms with E-state index in [0.29, 0.717) is 18.0 Å². The zero-order valence-electron chi connectivity index (χ0n) is 17.0. The third-order valence-electron chi connectivity index (χ3n) is 5.54. The second-order valence-electron chi connectivity index (χ2n) is 7.30. The number of carbonyl (C=O) groups excluding carboxylic acids is 1. The number of carbonyl (C=O) groups is 1. The number of para-hydroxylation sites is 2. The highest BCUT2D eigenvalue weighted by molar-refractivity contribution is 6.04. The first-order valence-corrected chi connectivity index (χ1v) is 9.76. The van der Waals surface area contributed by atoms with Crippen LogP contribution in [0.4, 0.5) is 22.7 Å². The zero-order chi connectivity index (χ0) is 21.4. The maximum Gasteiger partial charge on any atom is 0.317 e. The molecule has 4 rings (SSSR count). The van der Waals surface area contributed by atoms with Crippen LogP contribution in [0.25, 0.3) is 0 Å². The molecular formula is C21H23N5O4. The molecule has 0 radical (unpaired) electrons. The molecule has 2 aromatic carbocycles. The summed E-state index contributed by atoms with van der Waals surface area (Å²) in [5.41, 5.74) is 3.23. The Morgan fingerprint density at radius 2 is 1.93 bits per heavy atom. The van der Waals surface area contributed by atoms with Crippen LogP contribution in [0.5, 0.6) is 0 Å². The number of non-ortho nitro benzene ring substituents is 1. The van der Waals surface area contributed by atoms with E-state index < -0.39 is 10.8 Å². The van der Waals surface area contributed by atoms with Gasteiger partial charge in [0.25, 0.3) is 5.69 Å². The fourth-order valence-electron chi connectivity index (χ4n) is 4.16. The van der Waals surface area contributed by atoms with Gasteiger partial charge in [-0.2, -0.15) is 5.10 Å². The first-order chi connectivity index (χ1) is 14.4. The number of hydrogen-bond donors (Lipinski definition) is 1. The van der Waals surface area contributed by atoms with Gasteiger partial charge in [-0.15, -0.1) is 0 Å². The lowest BCUT2D eigenvalue weighted by Crippen LogP contribution is -2.65. The highest BCUT2D eigenvalue weighted by Crippen LogP contribution is 2.40. The number of nitrogens with zero attached hydrogens (tertiary/aromatic N) is 4. The van der Waals surface area contributed by atoms with Crippen LogP contribution in [0.2, 0.25) is 0 Å². The number of ether oxygens (including phenoxy) is 1. The molecule has 9 nitrogen and oxygen atoms in total. The Hall–Kier alpha value is -3.62. The van der Waals surface area contributed by atoms with Gasteiger partial charge in [-0.25, -0.2) is 5.01 Å². The van der Waals surface area contributed by atoms with E-state index in [4.69, 9.17) is 9.84 Å². The maximum absolute atomic E-state index is 12.8. The summed E-state index contributed by atoms with van der Waals surface area (Å²) in [6.07, 6.45) is -0.371. The van der Waals surface area contributed by atoms with Crippen molar-refractivity contribution in [2.45, 2.75) is 26.1 Å². The number of nitro groups is 1. The van der Waals surface area contributed by atoms with Crippen LogP contribution < -0.4 is 15.2 Å². The minimum atomic E-state index is -0.546. The lowest BCUT2D eigenvalue weighted by atomic mass is 9.87. The van der Waals surface area contributed by atoms with Crippen molar-refractivity contribution in [1.29, 1.82) is 0 Å². The predicted octanol–water partition coefficient (Wildman–Crippen LogP) is 3.23. The lowest BCUT2D eigenvalue weighted by Gasteiger charge is -2.50. The number of fused-ring (bicyclic) bond motifs is 2. The van der Waals surface area contributed by atoms with E-state index in [1.54, 1.807) is 24.1 Å². The summed E-state index contributed by atoms with van der Waals surface area (Å²) in [5, 5.41) is 21.0. The molecule has 30 heavy (non-hydrogen) atoms. The SMILES string of the molecule is CCOC(=O)[C@@H]1C(C)=NN(c2ccc([N+](=O)[O-])cc2)[C@H]2Nc3ccccc3N(C)[C@@H]12. The highest BCUT2D eigenvalue weighted by Gasteiger charge is 2.48. The van der Waals surface area contributed by atoms with Gasteiger partial charge >= 0.3 is 5.97 Å². The summed E-state index contributed by atoms with van der Waals surface area (Å²) >= 11 is 0. The van der Waals surface area contributed by atoms with Crippen LogP contribution in [0, 0.1) is 16.0 Å². The van der Waals surface area contributed by atoms with E-state index in [1.165, 1.54) is 12.1 Å². The van der Waals surface area contributed by atoms with Gasteiger partial charge in [0.15, 0.2) is 0 Å². The Labute approximate surface area is 174 Å². The number of esters is 1. The van der Waals surface area contributed by atoms with E-state index in [1.807, 2.05) is 38.2 Å². The van der Waals surface area contributed by atoms with Gasteiger partial charge in [0, 0.05) is 19.2 Å². The molecule has 0 spiro atoms. The van der Waals surface area contributed by atoms with Crippen LogP contribution in [-0.2, 0) is 9.53 Å². The van der Waals surface area contributed by atoms with Gasteiger partial charge < -0.3 is 15.0 Å². The Morgan fingerprint density at radius 3 is 2.60 bits per heavy atom. The van der Waals surface area contributed by atoms with Crippen molar-refractivity contribution in [3.05, 3.63) is 58.6 Å². The number of benzene rings is 2. The number of likely N-dealkylation sites (N-methyl/N-ethyl adjacent to an activating group) is 1. The Bertz CT molecular complexity index is 1010. The largest absolute Gasteiger partial charge is 0.465 e. The van der Waals surface area contributed by atoms with Crippen LogP contribution in [0.3, 0.4) is 0 Å². The molecule has 0 fully saturated rings. The highest BCUT2D eigenvalue weighted by atomic mass is 16.6. The molecule has 2 aliphatic heterocycles. The van der Waals surface area contributed by atoms with Gasteiger partial charge in [0.1, 0.15) is 12.1 Å². The summed E-state index contributed by atoms with van der Waals surface area (Å²) in [5.74, 6) is -0.861.